The first kappa shape index (κ1) is 34.5. The first-order valence-corrected chi connectivity index (χ1v) is 16.1. The zero-order valence-corrected chi connectivity index (χ0v) is 28.2. The SMILES string of the molecule is COc1ccc(C(OC[C@H]2O[C@@H](n3cc(C)c(NC(=O)c4ccccc4)nc3=O)C(OC)C2O)(c2ccccc2)c2ccc(OC)cc2)cc1. The van der Waals surface area contributed by atoms with Crippen LogP contribution in [0.3, 0.4) is 0 Å². The summed E-state index contributed by atoms with van der Waals surface area (Å²) < 4.78 is 31.2. The van der Waals surface area contributed by atoms with E-state index in [1.54, 1.807) is 45.4 Å². The third-order valence-corrected chi connectivity index (χ3v) is 8.90. The molecular formula is C39H39N3O8. The molecule has 0 spiro atoms. The second kappa shape index (κ2) is 15.1. The van der Waals surface area contributed by atoms with Crippen molar-refractivity contribution in [3.63, 3.8) is 0 Å². The molecule has 2 N–H and O–H groups in total. The molecule has 11 nitrogen and oxygen atoms in total. The van der Waals surface area contributed by atoms with E-state index < -0.39 is 41.7 Å². The number of benzene rings is 4. The second-order valence-corrected chi connectivity index (χ2v) is 11.9. The Labute approximate surface area is 290 Å². The number of carbonyl (C=O) groups is 1. The van der Waals surface area contributed by atoms with Gasteiger partial charge in [-0.3, -0.25) is 9.36 Å². The predicted octanol–water partition coefficient (Wildman–Crippen LogP) is 5.10. The molecule has 1 aliphatic heterocycles. The van der Waals surface area contributed by atoms with E-state index >= 15 is 0 Å². The molecule has 4 atom stereocenters. The Bertz CT molecular complexity index is 1900. The third-order valence-electron chi connectivity index (χ3n) is 8.90. The number of nitrogens with one attached hydrogen (secondary N) is 1. The third kappa shape index (κ3) is 6.76. The maximum absolute atomic E-state index is 13.4. The molecule has 0 radical (unpaired) electrons. The number of anilines is 1. The van der Waals surface area contributed by atoms with Crippen LogP contribution in [-0.4, -0.2) is 66.8 Å². The number of amides is 1. The van der Waals surface area contributed by atoms with Crippen LogP contribution < -0.4 is 20.5 Å². The average Bonchev–Trinajstić information content (AvgIpc) is 3.48. The van der Waals surface area contributed by atoms with Crippen LogP contribution in [0.2, 0.25) is 0 Å². The number of aliphatic hydroxyl groups is 1. The molecule has 1 aliphatic rings. The number of hydrogen-bond acceptors (Lipinski definition) is 9. The van der Waals surface area contributed by atoms with Crippen LogP contribution in [-0.2, 0) is 19.8 Å². The lowest BCUT2D eigenvalue weighted by molar-refractivity contribution is -0.0967. The maximum Gasteiger partial charge on any atom is 0.351 e. The molecule has 258 valence electrons. The summed E-state index contributed by atoms with van der Waals surface area (Å²) >= 11 is 0. The summed E-state index contributed by atoms with van der Waals surface area (Å²) in [5, 5.41) is 14.2. The second-order valence-electron chi connectivity index (χ2n) is 11.9. The van der Waals surface area contributed by atoms with Crippen LogP contribution in [0.1, 0.15) is 38.8 Å². The molecule has 1 aromatic heterocycles. The van der Waals surface area contributed by atoms with E-state index in [-0.39, 0.29) is 12.4 Å². The quantitative estimate of drug-likeness (QED) is 0.173. The van der Waals surface area contributed by atoms with E-state index in [0.717, 1.165) is 16.7 Å². The van der Waals surface area contributed by atoms with E-state index in [2.05, 4.69) is 10.3 Å². The molecule has 50 heavy (non-hydrogen) atoms. The highest BCUT2D eigenvalue weighted by Crippen LogP contribution is 2.43. The Kier molecular flexibility index (Phi) is 10.4. The minimum absolute atomic E-state index is 0.0865. The van der Waals surface area contributed by atoms with Crippen molar-refractivity contribution in [3.8, 4) is 11.5 Å². The van der Waals surface area contributed by atoms with E-state index in [1.165, 1.54) is 17.9 Å². The fraction of sp³-hybridized carbons (Fsp3) is 0.256. The van der Waals surface area contributed by atoms with Gasteiger partial charge in [0.15, 0.2) is 6.23 Å². The van der Waals surface area contributed by atoms with Crippen molar-refractivity contribution < 1.29 is 33.6 Å². The summed E-state index contributed by atoms with van der Waals surface area (Å²) in [6, 6.07) is 33.6. The van der Waals surface area contributed by atoms with Gasteiger partial charge in [0.2, 0.25) is 0 Å². The number of carbonyl (C=O) groups excluding carboxylic acids is 1. The Morgan fingerprint density at radius 1 is 0.840 bits per heavy atom. The molecule has 0 aliphatic carbocycles. The highest BCUT2D eigenvalue weighted by molar-refractivity contribution is 6.04. The number of methoxy groups -OCH3 is 3. The minimum Gasteiger partial charge on any atom is -0.497 e. The van der Waals surface area contributed by atoms with Gasteiger partial charge >= 0.3 is 5.69 Å². The topological polar surface area (TPSA) is 130 Å². The first-order chi connectivity index (χ1) is 24.3. The van der Waals surface area contributed by atoms with Gasteiger partial charge in [-0.1, -0.05) is 72.8 Å². The summed E-state index contributed by atoms with van der Waals surface area (Å²) in [7, 11) is 4.66. The van der Waals surface area contributed by atoms with E-state index in [1.807, 2.05) is 84.9 Å². The lowest BCUT2D eigenvalue weighted by Crippen LogP contribution is -2.40. The molecule has 2 unspecified atom stereocenters. The number of aliphatic hydroxyl groups excluding tert-OH is 1. The van der Waals surface area contributed by atoms with Crippen LogP contribution in [0.25, 0.3) is 0 Å². The molecule has 11 heteroatoms. The predicted molar refractivity (Wildman–Crippen MR) is 187 cm³/mol. The van der Waals surface area contributed by atoms with Gasteiger partial charge in [0.25, 0.3) is 5.91 Å². The summed E-state index contributed by atoms with van der Waals surface area (Å²) in [5.74, 6) is 1.10. The smallest absolute Gasteiger partial charge is 0.351 e. The average molecular weight is 678 g/mol. The Morgan fingerprint density at radius 2 is 1.38 bits per heavy atom. The van der Waals surface area contributed by atoms with Crippen molar-refractivity contribution in [3.05, 3.63) is 154 Å². The summed E-state index contributed by atoms with van der Waals surface area (Å²) in [6.45, 7) is 1.63. The van der Waals surface area contributed by atoms with Crippen LogP contribution in [0.4, 0.5) is 5.82 Å². The molecule has 1 saturated heterocycles. The number of rotatable bonds is 12. The molecule has 1 amide bonds. The van der Waals surface area contributed by atoms with Gasteiger partial charge in [0.1, 0.15) is 41.2 Å². The van der Waals surface area contributed by atoms with Crippen molar-refractivity contribution in [2.24, 2.45) is 0 Å². The summed E-state index contributed by atoms with van der Waals surface area (Å²) in [4.78, 5) is 30.3. The minimum atomic E-state index is -1.17. The zero-order valence-electron chi connectivity index (χ0n) is 28.2. The van der Waals surface area contributed by atoms with E-state index in [9.17, 15) is 14.7 Å². The molecule has 0 saturated carbocycles. The van der Waals surface area contributed by atoms with E-state index in [0.29, 0.717) is 22.6 Å². The number of hydrogen-bond donors (Lipinski definition) is 2. The van der Waals surface area contributed by atoms with Gasteiger partial charge < -0.3 is 34.1 Å². The standard InChI is InChI=1S/C39H39N3O8/c1-25-23-42(38(45)41-35(25)40-36(44)26-11-7-5-8-12-26)37-34(48-4)33(43)32(50-37)24-49-39(27-13-9-6-10-14-27,28-15-19-30(46-2)20-16-28)29-17-21-31(47-3)22-18-29/h5-23,32-34,37,43H,24H2,1-4H3,(H,40,41,44,45)/t32-,33?,34?,37-/m1/s1. The molecule has 4 aromatic carbocycles. The van der Waals surface area contributed by atoms with Crippen LogP contribution in [0.5, 0.6) is 11.5 Å². The highest BCUT2D eigenvalue weighted by atomic mass is 16.6. The van der Waals surface area contributed by atoms with E-state index in [4.69, 9.17) is 23.7 Å². The van der Waals surface area contributed by atoms with Crippen molar-refractivity contribution in [1.29, 1.82) is 0 Å². The molecule has 5 aromatic rings. The Hall–Kier alpha value is -5.33. The normalized spacial score (nSPS) is 18.8. The Balaban J connectivity index is 1.32. The highest BCUT2D eigenvalue weighted by Gasteiger charge is 2.48. The van der Waals surface area contributed by atoms with Crippen molar-refractivity contribution in [2.45, 2.75) is 37.1 Å². The van der Waals surface area contributed by atoms with Gasteiger partial charge in [-0.15, -0.1) is 0 Å². The maximum atomic E-state index is 13.4. The first-order valence-electron chi connectivity index (χ1n) is 16.1. The fourth-order valence-corrected chi connectivity index (χ4v) is 6.26. The summed E-state index contributed by atoms with van der Waals surface area (Å²) in [5.41, 5.74) is 1.57. The van der Waals surface area contributed by atoms with Gasteiger partial charge in [-0.25, -0.2) is 4.79 Å². The number of aromatic nitrogens is 2. The zero-order chi connectivity index (χ0) is 35.3. The number of ether oxygens (including phenoxy) is 5. The van der Waals surface area contributed by atoms with Gasteiger partial charge in [0, 0.05) is 24.4 Å². The van der Waals surface area contributed by atoms with Crippen LogP contribution in [0.15, 0.2) is 120 Å². The van der Waals surface area contributed by atoms with Crippen LogP contribution >= 0.6 is 0 Å². The Morgan fingerprint density at radius 3 is 1.92 bits per heavy atom. The van der Waals surface area contributed by atoms with Crippen molar-refractivity contribution in [1.82, 2.24) is 9.55 Å². The molecule has 2 heterocycles. The van der Waals surface area contributed by atoms with Gasteiger partial charge in [0.05, 0.1) is 20.8 Å². The number of nitrogens with zero attached hydrogens (tertiary/aromatic N) is 2. The fourth-order valence-electron chi connectivity index (χ4n) is 6.26. The lowest BCUT2D eigenvalue weighted by atomic mass is 9.80. The monoisotopic (exact) mass is 677 g/mol. The largest absolute Gasteiger partial charge is 0.497 e. The molecule has 6 rings (SSSR count). The summed E-state index contributed by atoms with van der Waals surface area (Å²) in [6.07, 6.45) is -2.51. The number of aryl methyl sites for hydroxylation is 1. The van der Waals surface area contributed by atoms with Gasteiger partial charge in [-0.05, 0) is 60.0 Å². The van der Waals surface area contributed by atoms with Crippen molar-refractivity contribution in [2.75, 3.05) is 33.3 Å². The van der Waals surface area contributed by atoms with Crippen molar-refractivity contribution >= 4 is 11.7 Å². The van der Waals surface area contributed by atoms with Crippen LogP contribution in [0, 0.1) is 6.92 Å². The lowest BCUT2D eigenvalue weighted by Gasteiger charge is -2.37. The van der Waals surface area contributed by atoms with Gasteiger partial charge in [-0.2, -0.15) is 4.98 Å². The molecule has 0 bridgehead atoms. The molecule has 1 fully saturated rings. The molecular weight excluding hydrogens is 638 g/mol.